The first-order valence-electron chi connectivity index (χ1n) is 7.62. The van der Waals surface area contributed by atoms with E-state index in [1.807, 2.05) is 0 Å². The van der Waals surface area contributed by atoms with E-state index in [1.54, 1.807) is 0 Å². The predicted molar refractivity (Wildman–Crippen MR) is 88.0 cm³/mol. The Hall–Kier alpha value is -3.50. The van der Waals surface area contributed by atoms with Crippen molar-refractivity contribution in [3.63, 3.8) is 0 Å². The minimum absolute atomic E-state index is 0.101. The molecule has 0 aromatic heterocycles. The van der Waals surface area contributed by atoms with Gasteiger partial charge in [0, 0.05) is 11.8 Å². The molecule has 1 N–H and O–H groups in total. The Kier molecular flexibility index (Phi) is 5.96. The number of esters is 1. The van der Waals surface area contributed by atoms with Gasteiger partial charge < -0.3 is 10.1 Å². The van der Waals surface area contributed by atoms with E-state index in [0.29, 0.717) is 12.1 Å². The highest BCUT2D eigenvalue weighted by atomic mass is 19.4. The van der Waals surface area contributed by atoms with E-state index in [4.69, 9.17) is 4.74 Å². The highest BCUT2D eigenvalue weighted by Gasteiger charge is 2.30. The molecule has 11 heteroatoms. The number of halogens is 4. The third-order valence-corrected chi connectivity index (χ3v) is 3.51. The number of hydrogen-bond acceptors (Lipinski definition) is 5. The van der Waals surface area contributed by atoms with Gasteiger partial charge in [-0.05, 0) is 43.3 Å². The van der Waals surface area contributed by atoms with Gasteiger partial charge in [0.25, 0.3) is 5.91 Å². The molecule has 2 aromatic carbocycles. The average molecular weight is 400 g/mol. The number of carbonyl (C=O) groups excluding carboxylic acids is 2. The van der Waals surface area contributed by atoms with Gasteiger partial charge in [0.2, 0.25) is 5.82 Å². The first-order valence-corrected chi connectivity index (χ1v) is 7.62. The van der Waals surface area contributed by atoms with Gasteiger partial charge in [0.15, 0.2) is 6.10 Å². The zero-order valence-electron chi connectivity index (χ0n) is 14.1. The van der Waals surface area contributed by atoms with Gasteiger partial charge in [-0.25, -0.2) is 4.79 Å². The molecule has 0 aliphatic heterocycles. The molecule has 2 aromatic rings. The maximum absolute atomic E-state index is 13.3. The van der Waals surface area contributed by atoms with Crippen molar-refractivity contribution in [1.82, 2.24) is 0 Å². The number of rotatable bonds is 5. The smallest absolute Gasteiger partial charge is 0.416 e. The summed E-state index contributed by atoms with van der Waals surface area (Å²) < 4.78 is 55.7. The van der Waals surface area contributed by atoms with Crippen molar-refractivity contribution in [1.29, 1.82) is 0 Å². The fourth-order valence-electron chi connectivity index (χ4n) is 2.05. The summed E-state index contributed by atoms with van der Waals surface area (Å²) in [4.78, 5) is 33.7. The van der Waals surface area contributed by atoms with E-state index in [1.165, 1.54) is 6.92 Å². The molecule has 0 saturated heterocycles. The normalized spacial score (nSPS) is 12.2. The fourth-order valence-corrected chi connectivity index (χ4v) is 2.05. The SMILES string of the molecule is C[C@H](OC(=O)c1ccc(C(F)(F)F)cc1)C(=O)Nc1ccc(F)c([N+](=O)[O-])c1. The number of hydrogen-bond donors (Lipinski definition) is 1. The third kappa shape index (κ3) is 5.02. The van der Waals surface area contributed by atoms with Crippen LogP contribution in [-0.2, 0) is 15.7 Å². The number of nitrogens with one attached hydrogen (secondary N) is 1. The molecule has 0 bridgehead atoms. The van der Waals surface area contributed by atoms with Crippen LogP contribution in [0.5, 0.6) is 0 Å². The minimum Gasteiger partial charge on any atom is -0.449 e. The van der Waals surface area contributed by atoms with Crippen LogP contribution in [-0.4, -0.2) is 22.9 Å². The molecule has 0 heterocycles. The summed E-state index contributed by atoms with van der Waals surface area (Å²) in [6.45, 7) is 1.19. The Morgan fingerprint density at radius 1 is 1.14 bits per heavy atom. The summed E-state index contributed by atoms with van der Waals surface area (Å²) in [5.74, 6) is -3.01. The van der Waals surface area contributed by atoms with Crippen molar-refractivity contribution in [3.05, 3.63) is 69.5 Å². The third-order valence-electron chi connectivity index (χ3n) is 3.51. The Bertz CT molecular complexity index is 913. The van der Waals surface area contributed by atoms with E-state index in [2.05, 4.69) is 5.32 Å². The van der Waals surface area contributed by atoms with Crippen LogP contribution in [0, 0.1) is 15.9 Å². The Labute approximate surface area is 155 Å². The van der Waals surface area contributed by atoms with Crippen LogP contribution in [0.4, 0.5) is 28.9 Å². The lowest BCUT2D eigenvalue weighted by atomic mass is 10.1. The van der Waals surface area contributed by atoms with E-state index < -0.39 is 46.1 Å². The molecule has 7 nitrogen and oxygen atoms in total. The van der Waals surface area contributed by atoms with E-state index in [0.717, 1.165) is 30.3 Å². The Morgan fingerprint density at radius 2 is 1.75 bits per heavy atom. The number of nitro groups is 1. The molecule has 28 heavy (non-hydrogen) atoms. The molecular formula is C17H12F4N2O5. The Balaban J connectivity index is 2.03. The summed E-state index contributed by atoms with van der Waals surface area (Å²) in [5.41, 5.74) is -2.11. The molecular weight excluding hydrogens is 388 g/mol. The highest BCUT2D eigenvalue weighted by molar-refractivity contribution is 5.97. The van der Waals surface area contributed by atoms with Gasteiger partial charge in [-0.2, -0.15) is 17.6 Å². The number of ether oxygens (including phenoxy) is 1. The zero-order valence-corrected chi connectivity index (χ0v) is 14.1. The second kappa shape index (κ2) is 8.03. The number of anilines is 1. The van der Waals surface area contributed by atoms with E-state index in [9.17, 15) is 37.3 Å². The van der Waals surface area contributed by atoms with Gasteiger partial charge >= 0.3 is 17.8 Å². The zero-order chi connectivity index (χ0) is 21.1. The number of benzene rings is 2. The van der Waals surface area contributed by atoms with Crippen LogP contribution < -0.4 is 5.32 Å². The summed E-state index contributed by atoms with van der Waals surface area (Å²) in [5, 5.41) is 12.9. The van der Waals surface area contributed by atoms with Crippen molar-refractivity contribution < 1.29 is 36.8 Å². The molecule has 0 spiro atoms. The summed E-state index contributed by atoms with van der Waals surface area (Å²) >= 11 is 0. The largest absolute Gasteiger partial charge is 0.449 e. The van der Waals surface area contributed by atoms with Gasteiger partial charge in [0.05, 0.1) is 16.1 Å². The molecule has 0 saturated carbocycles. The summed E-state index contributed by atoms with van der Waals surface area (Å²) in [6, 6.07) is 5.84. The topological polar surface area (TPSA) is 98.5 Å². The van der Waals surface area contributed by atoms with Crippen molar-refractivity contribution in [3.8, 4) is 0 Å². The molecule has 0 unspecified atom stereocenters. The number of nitro benzene ring substituents is 1. The van der Waals surface area contributed by atoms with Crippen molar-refractivity contribution in [2.24, 2.45) is 0 Å². The molecule has 0 fully saturated rings. The summed E-state index contributed by atoms with van der Waals surface area (Å²) in [6.07, 6.45) is -5.94. The quantitative estimate of drug-likeness (QED) is 0.355. The molecule has 148 valence electrons. The molecule has 0 aliphatic carbocycles. The lowest BCUT2D eigenvalue weighted by Crippen LogP contribution is -2.30. The van der Waals surface area contributed by atoms with E-state index >= 15 is 0 Å². The van der Waals surface area contributed by atoms with Crippen LogP contribution >= 0.6 is 0 Å². The van der Waals surface area contributed by atoms with Crippen molar-refractivity contribution in [2.45, 2.75) is 19.2 Å². The Morgan fingerprint density at radius 3 is 2.29 bits per heavy atom. The molecule has 2 rings (SSSR count). The molecule has 1 amide bonds. The highest BCUT2D eigenvalue weighted by Crippen LogP contribution is 2.29. The number of nitrogens with zero attached hydrogens (tertiary/aromatic N) is 1. The maximum atomic E-state index is 13.3. The lowest BCUT2D eigenvalue weighted by molar-refractivity contribution is -0.387. The van der Waals surface area contributed by atoms with E-state index in [-0.39, 0.29) is 11.3 Å². The van der Waals surface area contributed by atoms with Crippen LogP contribution in [0.25, 0.3) is 0 Å². The second-order valence-corrected chi connectivity index (χ2v) is 5.54. The van der Waals surface area contributed by atoms with Crippen LogP contribution in [0.1, 0.15) is 22.8 Å². The number of alkyl halides is 3. The van der Waals surface area contributed by atoms with Crippen LogP contribution in [0.2, 0.25) is 0 Å². The second-order valence-electron chi connectivity index (χ2n) is 5.54. The van der Waals surface area contributed by atoms with Gasteiger partial charge in [-0.1, -0.05) is 0 Å². The number of carbonyl (C=O) groups is 2. The lowest BCUT2D eigenvalue weighted by Gasteiger charge is -2.14. The van der Waals surface area contributed by atoms with Crippen LogP contribution in [0.3, 0.4) is 0 Å². The van der Waals surface area contributed by atoms with Gasteiger partial charge in [-0.3, -0.25) is 14.9 Å². The fraction of sp³-hybridized carbons (Fsp3) is 0.176. The first-order chi connectivity index (χ1) is 13.0. The molecule has 0 radical (unpaired) electrons. The average Bonchev–Trinajstić information content (AvgIpc) is 2.62. The molecule has 0 aliphatic rings. The number of amides is 1. The maximum Gasteiger partial charge on any atom is 0.416 e. The molecule has 1 atom stereocenters. The first kappa shape index (κ1) is 20.8. The van der Waals surface area contributed by atoms with Crippen molar-refractivity contribution >= 4 is 23.3 Å². The van der Waals surface area contributed by atoms with Gasteiger partial charge in [0.1, 0.15) is 0 Å². The van der Waals surface area contributed by atoms with Crippen LogP contribution in [0.15, 0.2) is 42.5 Å². The summed E-state index contributed by atoms with van der Waals surface area (Å²) in [7, 11) is 0. The van der Waals surface area contributed by atoms with Gasteiger partial charge in [-0.15, -0.1) is 0 Å². The monoisotopic (exact) mass is 400 g/mol. The standard InChI is InChI=1S/C17H12F4N2O5/c1-9(15(24)22-12-6-7-13(18)14(8-12)23(26)27)28-16(25)10-2-4-11(5-3-10)17(19,20)21/h2-9H,1H3,(H,22,24)/t9-/m0/s1. The predicted octanol–water partition coefficient (Wildman–Crippen LogP) is 3.94. The van der Waals surface area contributed by atoms with Crippen molar-refractivity contribution in [2.75, 3.05) is 5.32 Å². The minimum atomic E-state index is -4.56.